The Labute approximate surface area is 173 Å². The molecule has 0 radical (unpaired) electrons. The maximum atomic E-state index is 12.7. The lowest BCUT2D eigenvalue weighted by atomic mass is 10.00. The van der Waals surface area contributed by atoms with Crippen LogP contribution in [0.4, 0.5) is 0 Å². The number of rotatable bonds is 12. The van der Waals surface area contributed by atoms with Gasteiger partial charge in [0, 0.05) is 0 Å². The van der Waals surface area contributed by atoms with E-state index in [0.29, 0.717) is 6.42 Å². The third-order valence-electron chi connectivity index (χ3n) is 4.43. The van der Waals surface area contributed by atoms with E-state index >= 15 is 0 Å². The molecule has 0 heterocycles. The molecule has 0 rings (SSSR count). The number of nitrogens with two attached hydrogens (primary N) is 1. The smallest absolute Gasteiger partial charge is 0.326 e. The standard InChI is InChI=1S/C20H38N4O5/c1-10(2)8-14(23-19(27)16(21)12(5)6)18(26)22-13(7)17(25)24-15(20(28)29)9-11(3)4/h10-16H,8-9,21H2,1-7H3,(H,22,26)(H,23,27)(H,24,25)(H,28,29). The number of hydrogen-bond donors (Lipinski definition) is 5. The third kappa shape index (κ3) is 10.3. The highest BCUT2D eigenvalue weighted by molar-refractivity contribution is 5.93. The molecule has 4 atom stereocenters. The highest BCUT2D eigenvalue weighted by Crippen LogP contribution is 2.08. The molecule has 0 fully saturated rings. The van der Waals surface area contributed by atoms with Crippen molar-refractivity contribution in [2.45, 2.75) is 85.5 Å². The second-order valence-electron chi connectivity index (χ2n) is 8.72. The molecule has 0 aromatic rings. The van der Waals surface area contributed by atoms with Crippen molar-refractivity contribution in [2.75, 3.05) is 0 Å². The molecule has 3 amide bonds. The van der Waals surface area contributed by atoms with E-state index in [-0.39, 0.29) is 24.2 Å². The monoisotopic (exact) mass is 414 g/mol. The minimum Gasteiger partial charge on any atom is -0.480 e. The molecule has 0 saturated heterocycles. The topological polar surface area (TPSA) is 151 Å². The first kappa shape index (κ1) is 26.8. The summed E-state index contributed by atoms with van der Waals surface area (Å²) >= 11 is 0. The average Bonchev–Trinajstić information content (AvgIpc) is 2.58. The van der Waals surface area contributed by atoms with Gasteiger partial charge >= 0.3 is 5.97 Å². The van der Waals surface area contributed by atoms with Crippen molar-refractivity contribution in [3.05, 3.63) is 0 Å². The lowest BCUT2D eigenvalue weighted by Gasteiger charge is -2.25. The van der Waals surface area contributed by atoms with Crippen molar-refractivity contribution in [1.29, 1.82) is 0 Å². The van der Waals surface area contributed by atoms with Gasteiger partial charge in [-0.3, -0.25) is 14.4 Å². The van der Waals surface area contributed by atoms with E-state index in [1.165, 1.54) is 6.92 Å². The van der Waals surface area contributed by atoms with E-state index in [1.807, 2.05) is 41.5 Å². The lowest BCUT2D eigenvalue weighted by molar-refractivity contribution is -0.142. The van der Waals surface area contributed by atoms with Gasteiger partial charge in [0.1, 0.15) is 18.1 Å². The summed E-state index contributed by atoms with van der Waals surface area (Å²) in [5.74, 6) is -2.55. The van der Waals surface area contributed by atoms with E-state index in [2.05, 4.69) is 16.0 Å². The van der Waals surface area contributed by atoms with Crippen molar-refractivity contribution < 1.29 is 24.3 Å². The molecule has 6 N–H and O–H groups in total. The molecule has 0 aliphatic heterocycles. The first-order valence-electron chi connectivity index (χ1n) is 10.2. The van der Waals surface area contributed by atoms with Crippen LogP contribution in [0.1, 0.15) is 61.3 Å². The Morgan fingerprint density at radius 3 is 1.59 bits per heavy atom. The molecule has 0 aromatic heterocycles. The summed E-state index contributed by atoms with van der Waals surface area (Å²) in [6, 6.07) is -3.57. The van der Waals surface area contributed by atoms with Crippen LogP contribution in [0.3, 0.4) is 0 Å². The predicted octanol–water partition coefficient (Wildman–Crippen LogP) is 0.621. The molecular weight excluding hydrogens is 376 g/mol. The van der Waals surface area contributed by atoms with E-state index in [4.69, 9.17) is 5.73 Å². The van der Waals surface area contributed by atoms with Gasteiger partial charge in [-0.25, -0.2) is 4.79 Å². The van der Waals surface area contributed by atoms with Crippen LogP contribution in [-0.4, -0.2) is 53.0 Å². The average molecular weight is 415 g/mol. The summed E-state index contributed by atoms with van der Waals surface area (Å²) in [5.41, 5.74) is 5.85. The van der Waals surface area contributed by atoms with Crippen LogP contribution >= 0.6 is 0 Å². The van der Waals surface area contributed by atoms with Gasteiger partial charge in [0.15, 0.2) is 0 Å². The van der Waals surface area contributed by atoms with Gasteiger partial charge in [-0.1, -0.05) is 41.5 Å². The number of amides is 3. The van der Waals surface area contributed by atoms with Crippen molar-refractivity contribution >= 4 is 23.7 Å². The van der Waals surface area contributed by atoms with Gasteiger partial charge in [0.05, 0.1) is 6.04 Å². The van der Waals surface area contributed by atoms with Crippen LogP contribution in [0.15, 0.2) is 0 Å². The van der Waals surface area contributed by atoms with Gasteiger partial charge < -0.3 is 26.8 Å². The fraction of sp³-hybridized carbons (Fsp3) is 0.800. The number of carbonyl (C=O) groups is 4. The molecule has 9 nitrogen and oxygen atoms in total. The SMILES string of the molecule is CC(C)CC(NC(=O)C(C)NC(=O)C(CC(C)C)NC(=O)C(N)C(C)C)C(=O)O. The van der Waals surface area contributed by atoms with E-state index in [0.717, 1.165) is 0 Å². The number of carbonyl (C=O) groups excluding carboxylic acids is 3. The largest absolute Gasteiger partial charge is 0.480 e. The molecule has 29 heavy (non-hydrogen) atoms. The molecule has 9 heteroatoms. The van der Waals surface area contributed by atoms with Crippen LogP contribution in [0.5, 0.6) is 0 Å². The van der Waals surface area contributed by atoms with Crippen molar-refractivity contribution in [3.63, 3.8) is 0 Å². The minimum atomic E-state index is -1.13. The van der Waals surface area contributed by atoms with Gasteiger partial charge in [-0.15, -0.1) is 0 Å². The Balaban J connectivity index is 5.06. The fourth-order valence-corrected chi connectivity index (χ4v) is 2.64. The van der Waals surface area contributed by atoms with E-state index < -0.39 is 47.9 Å². The van der Waals surface area contributed by atoms with Crippen LogP contribution in [0.25, 0.3) is 0 Å². The first-order valence-corrected chi connectivity index (χ1v) is 10.2. The molecule has 4 unspecified atom stereocenters. The van der Waals surface area contributed by atoms with E-state index in [1.54, 1.807) is 0 Å². The number of aliphatic carboxylic acids is 1. The quantitative estimate of drug-likeness (QED) is 0.316. The number of carboxylic acid groups (broad SMARTS) is 1. The molecule has 0 aliphatic rings. The molecule has 0 saturated carbocycles. The maximum Gasteiger partial charge on any atom is 0.326 e. The van der Waals surface area contributed by atoms with Crippen molar-refractivity contribution in [2.24, 2.45) is 23.5 Å². The first-order chi connectivity index (χ1) is 13.3. The summed E-state index contributed by atoms with van der Waals surface area (Å²) in [7, 11) is 0. The summed E-state index contributed by atoms with van der Waals surface area (Å²) < 4.78 is 0. The second kappa shape index (κ2) is 12.4. The zero-order valence-corrected chi connectivity index (χ0v) is 18.6. The molecule has 0 bridgehead atoms. The van der Waals surface area contributed by atoms with Crippen LogP contribution < -0.4 is 21.7 Å². The Bertz CT molecular complexity index is 577. The number of carboxylic acids is 1. The zero-order chi connectivity index (χ0) is 22.9. The zero-order valence-electron chi connectivity index (χ0n) is 18.6. The highest BCUT2D eigenvalue weighted by Gasteiger charge is 2.29. The van der Waals surface area contributed by atoms with Gasteiger partial charge in [-0.05, 0) is 37.5 Å². The van der Waals surface area contributed by atoms with Crippen LogP contribution in [0.2, 0.25) is 0 Å². The molecule has 0 spiro atoms. The summed E-state index contributed by atoms with van der Waals surface area (Å²) in [5, 5.41) is 16.9. The Kier molecular flexibility index (Phi) is 11.5. The molecule has 0 aliphatic carbocycles. The number of nitrogens with one attached hydrogen (secondary N) is 3. The van der Waals surface area contributed by atoms with Gasteiger partial charge in [0.25, 0.3) is 0 Å². The van der Waals surface area contributed by atoms with Crippen LogP contribution in [0, 0.1) is 17.8 Å². The summed E-state index contributed by atoms with van der Waals surface area (Å²) in [6.45, 7) is 12.6. The summed E-state index contributed by atoms with van der Waals surface area (Å²) in [4.78, 5) is 48.6. The van der Waals surface area contributed by atoms with E-state index in [9.17, 15) is 24.3 Å². The highest BCUT2D eigenvalue weighted by atomic mass is 16.4. The summed E-state index contributed by atoms with van der Waals surface area (Å²) in [6.07, 6.45) is 0.655. The molecule has 168 valence electrons. The predicted molar refractivity (Wildman–Crippen MR) is 111 cm³/mol. The number of hydrogen-bond acceptors (Lipinski definition) is 5. The second-order valence-corrected chi connectivity index (χ2v) is 8.72. The van der Waals surface area contributed by atoms with Gasteiger partial charge in [-0.2, -0.15) is 0 Å². The van der Waals surface area contributed by atoms with Crippen molar-refractivity contribution in [3.8, 4) is 0 Å². The maximum absolute atomic E-state index is 12.7. The molecular formula is C20H38N4O5. The van der Waals surface area contributed by atoms with Crippen molar-refractivity contribution in [1.82, 2.24) is 16.0 Å². The lowest BCUT2D eigenvalue weighted by Crippen LogP contribution is -2.57. The minimum absolute atomic E-state index is 0.0806. The van der Waals surface area contributed by atoms with Crippen LogP contribution in [-0.2, 0) is 19.2 Å². The third-order valence-corrected chi connectivity index (χ3v) is 4.43. The van der Waals surface area contributed by atoms with Gasteiger partial charge in [0.2, 0.25) is 17.7 Å². The normalized spacial score (nSPS) is 15.6. The fourth-order valence-electron chi connectivity index (χ4n) is 2.64. The Morgan fingerprint density at radius 1 is 0.724 bits per heavy atom. The Morgan fingerprint density at radius 2 is 1.17 bits per heavy atom. The Hall–Kier alpha value is -2.16. The molecule has 0 aromatic carbocycles.